The Hall–Kier alpha value is -1.61. The fraction of sp³-hybridized carbons (Fsp3) is 0.438. The normalized spacial score (nSPS) is 16.5. The maximum absolute atomic E-state index is 4.44. The lowest BCUT2D eigenvalue weighted by Gasteiger charge is -2.21. The second-order valence-electron chi connectivity index (χ2n) is 5.43. The van der Waals surface area contributed by atoms with Gasteiger partial charge in [-0.1, -0.05) is 30.3 Å². The number of nitrogens with zero attached hydrogens (tertiary/aromatic N) is 2. The van der Waals surface area contributed by atoms with Gasteiger partial charge in [-0.25, -0.2) is 4.98 Å². The molecular weight excluding hydrogens is 234 g/mol. The van der Waals surface area contributed by atoms with Crippen LogP contribution in [0.4, 0.5) is 0 Å². The first-order chi connectivity index (χ1) is 9.25. The Balaban J connectivity index is 1.88. The first kappa shape index (κ1) is 12.4. The third-order valence-corrected chi connectivity index (χ3v) is 3.98. The summed E-state index contributed by atoms with van der Waals surface area (Å²) in [7, 11) is 0. The van der Waals surface area contributed by atoms with Crippen molar-refractivity contribution in [1.82, 2.24) is 14.9 Å². The van der Waals surface area contributed by atoms with E-state index in [0.29, 0.717) is 6.04 Å². The molecule has 0 bridgehead atoms. The van der Waals surface area contributed by atoms with E-state index in [-0.39, 0.29) is 0 Å². The molecule has 0 saturated heterocycles. The van der Waals surface area contributed by atoms with Gasteiger partial charge in [0.05, 0.1) is 18.1 Å². The van der Waals surface area contributed by atoms with E-state index in [9.17, 15) is 0 Å². The van der Waals surface area contributed by atoms with Crippen molar-refractivity contribution in [2.45, 2.75) is 38.8 Å². The Morgan fingerprint density at radius 2 is 2.00 bits per heavy atom. The molecule has 0 spiro atoms. The lowest BCUT2D eigenvalue weighted by molar-refractivity contribution is 0.511. The van der Waals surface area contributed by atoms with Gasteiger partial charge < -0.3 is 9.88 Å². The summed E-state index contributed by atoms with van der Waals surface area (Å²) in [6.07, 6.45) is 4.61. The molecule has 1 aromatic heterocycles. The number of hydrogen-bond donors (Lipinski definition) is 1. The molecular formula is C16H21N3. The van der Waals surface area contributed by atoms with Gasteiger partial charge in [0.25, 0.3) is 0 Å². The fourth-order valence-electron chi connectivity index (χ4n) is 2.45. The molecule has 0 aliphatic heterocycles. The quantitative estimate of drug-likeness (QED) is 0.890. The van der Waals surface area contributed by atoms with E-state index in [4.69, 9.17) is 0 Å². The molecule has 1 unspecified atom stereocenters. The SMILES string of the molecule is Cc1ncn(C(CNC2CC2)c2ccccc2)c1C. The lowest BCUT2D eigenvalue weighted by Crippen LogP contribution is -2.28. The van der Waals surface area contributed by atoms with Crippen molar-refractivity contribution in [1.29, 1.82) is 0 Å². The standard InChI is InChI=1S/C16H21N3/c1-12-13(2)19(11-18-12)16(10-17-15-8-9-15)14-6-4-3-5-7-14/h3-7,11,15-17H,8-10H2,1-2H3. The second-order valence-corrected chi connectivity index (χ2v) is 5.43. The highest BCUT2D eigenvalue weighted by Crippen LogP contribution is 2.24. The molecule has 0 amide bonds. The maximum Gasteiger partial charge on any atom is 0.0957 e. The van der Waals surface area contributed by atoms with E-state index in [1.54, 1.807) is 0 Å². The highest BCUT2D eigenvalue weighted by molar-refractivity contribution is 5.23. The molecule has 19 heavy (non-hydrogen) atoms. The van der Waals surface area contributed by atoms with Gasteiger partial charge in [-0.2, -0.15) is 0 Å². The zero-order valence-electron chi connectivity index (χ0n) is 11.6. The number of nitrogens with one attached hydrogen (secondary N) is 1. The first-order valence-corrected chi connectivity index (χ1v) is 7.04. The van der Waals surface area contributed by atoms with Gasteiger partial charge in [-0.3, -0.25) is 0 Å². The van der Waals surface area contributed by atoms with E-state index < -0.39 is 0 Å². The number of benzene rings is 1. The largest absolute Gasteiger partial charge is 0.326 e. The minimum atomic E-state index is 0.336. The first-order valence-electron chi connectivity index (χ1n) is 7.04. The van der Waals surface area contributed by atoms with E-state index in [0.717, 1.165) is 18.3 Å². The molecule has 0 radical (unpaired) electrons. The Bertz CT molecular complexity index is 540. The molecule has 3 nitrogen and oxygen atoms in total. The second kappa shape index (κ2) is 5.17. The van der Waals surface area contributed by atoms with E-state index in [1.165, 1.54) is 24.1 Å². The molecule has 2 aromatic rings. The monoisotopic (exact) mass is 255 g/mol. The van der Waals surface area contributed by atoms with Crippen LogP contribution >= 0.6 is 0 Å². The van der Waals surface area contributed by atoms with Gasteiger partial charge in [0.15, 0.2) is 0 Å². The molecule has 100 valence electrons. The minimum absolute atomic E-state index is 0.336. The van der Waals surface area contributed by atoms with Crippen molar-refractivity contribution >= 4 is 0 Å². The Kier molecular flexibility index (Phi) is 3.38. The van der Waals surface area contributed by atoms with Crippen molar-refractivity contribution in [3.05, 3.63) is 53.6 Å². The summed E-state index contributed by atoms with van der Waals surface area (Å²) in [4.78, 5) is 4.44. The van der Waals surface area contributed by atoms with Crippen LogP contribution < -0.4 is 5.32 Å². The summed E-state index contributed by atoms with van der Waals surface area (Å²) in [5.41, 5.74) is 3.72. The van der Waals surface area contributed by atoms with E-state index >= 15 is 0 Å². The molecule has 1 aliphatic carbocycles. The van der Waals surface area contributed by atoms with Gasteiger partial charge >= 0.3 is 0 Å². The molecule has 3 heteroatoms. The van der Waals surface area contributed by atoms with Gasteiger partial charge in [0.1, 0.15) is 0 Å². The average Bonchev–Trinajstić information content (AvgIpc) is 3.21. The van der Waals surface area contributed by atoms with Gasteiger partial charge in [0, 0.05) is 18.3 Å². The minimum Gasteiger partial charge on any atom is -0.326 e. The molecule has 1 aliphatic rings. The number of aryl methyl sites for hydroxylation is 1. The van der Waals surface area contributed by atoms with Crippen LogP contribution in [0.5, 0.6) is 0 Å². The lowest BCUT2D eigenvalue weighted by atomic mass is 10.1. The molecule has 1 atom stereocenters. The molecule has 3 rings (SSSR count). The highest BCUT2D eigenvalue weighted by atomic mass is 15.1. The summed E-state index contributed by atoms with van der Waals surface area (Å²) in [6.45, 7) is 5.20. The number of imidazole rings is 1. The van der Waals surface area contributed by atoms with Crippen LogP contribution in [-0.4, -0.2) is 22.1 Å². The van der Waals surface area contributed by atoms with Crippen LogP contribution in [0, 0.1) is 13.8 Å². The van der Waals surface area contributed by atoms with Crippen LogP contribution in [-0.2, 0) is 0 Å². The number of rotatable bonds is 5. The fourth-order valence-corrected chi connectivity index (χ4v) is 2.45. The molecule has 1 saturated carbocycles. The number of hydrogen-bond acceptors (Lipinski definition) is 2. The molecule has 1 N–H and O–H groups in total. The van der Waals surface area contributed by atoms with Gasteiger partial charge in [0.2, 0.25) is 0 Å². The summed E-state index contributed by atoms with van der Waals surface area (Å²) in [6, 6.07) is 11.8. The van der Waals surface area contributed by atoms with Crippen LogP contribution in [0.15, 0.2) is 36.7 Å². The summed E-state index contributed by atoms with van der Waals surface area (Å²) < 4.78 is 2.29. The van der Waals surface area contributed by atoms with Crippen LogP contribution in [0.1, 0.15) is 35.8 Å². The Morgan fingerprint density at radius 3 is 2.58 bits per heavy atom. The predicted molar refractivity (Wildman–Crippen MR) is 77.3 cm³/mol. The zero-order chi connectivity index (χ0) is 13.2. The molecule has 1 fully saturated rings. The zero-order valence-corrected chi connectivity index (χ0v) is 11.6. The summed E-state index contributed by atoms with van der Waals surface area (Å²) in [5, 5.41) is 3.64. The molecule has 1 aromatic carbocycles. The Labute approximate surface area is 114 Å². The topological polar surface area (TPSA) is 29.9 Å². The van der Waals surface area contributed by atoms with Crippen molar-refractivity contribution in [2.24, 2.45) is 0 Å². The predicted octanol–water partition coefficient (Wildman–Crippen LogP) is 2.84. The van der Waals surface area contributed by atoms with Crippen LogP contribution in [0.2, 0.25) is 0 Å². The third-order valence-electron chi connectivity index (χ3n) is 3.98. The van der Waals surface area contributed by atoms with Crippen molar-refractivity contribution in [3.8, 4) is 0 Å². The van der Waals surface area contributed by atoms with Gasteiger partial charge in [-0.05, 0) is 32.3 Å². The molecule has 1 heterocycles. The third kappa shape index (κ3) is 2.71. The van der Waals surface area contributed by atoms with Gasteiger partial charge in [-0.15, -0.1) is 0 Å². The smallest absolute Gasteiger partial charge is 0.0957 e. The highest BCUT2D eigenvalue weighted by Gasteiger charge is 2.23. The van der Waals surface area contributed by atoms with Crippen molar-refractivity contribution in [3.63, 3.8) is 0 Å². The summed E-state index contributed by atoms with van der Waals surface area (Å²) >= 11 is 0. The van der Waals surface area contributed by atoms with E-state index in [2.05, 4.69) is 59.0 Å². The van der Waals surface area contributed by atoms with Crippen molar-refractivity contribution in [2.75, 3.05) is 6.54 Å². The average molecular weight is 255 g/mol. The maximum atomic E-state index is 4.44. The van der Waals surface area contributed by atoms with E-state index in [1.807, 2.05) is 6.33 Å². The number of aromatic nitrogens is 2. The van der Waals surface area contributed by atoms with Crippen LogP contribution in [0.25, 0.3) is 0 Å². The Morgan fingerprint density at radius 1 is 1.26 bits per heavy atom. The van der Waals surface area contributed by atoms with Crippen LogP contribution in [0.3, 0.4) is 0 Å². The van der Waals surface area contributed by atoms with Crippen molar-refractivity contribution < 1.29 is 0 Å². The summed E-state index contributed by atoms with van der Waals surface area (Å²) in [5.74, 6) is 0.